The van der Waals surface area contributed by atoms with Gasteiger partial charge in [0.05, 0.1) is 0 Å². The van der Waals surface area contributed by atoms with Crippen molar-refractivity contribution in [3.8, 4) is 0 Å². The van der Waals surface area contributed by atoms with Crippen LogP contribution in [0, 0.1) is 5.92 Å². The zero-order chi connectivity index (χ0) is 14.0. The van der Waals surface area contributed by atoms with Crippen LogP contribution in [0.5, 0.6) is 0 Å². The Morgan fingerprint density at radius 2 is 2.21 bits per heavy atom. The van der Waals surface area contributed by atoms with Gasteiger partial charge >= 0.3 is 0 Å². The standard InChI is InChI=1S/C12H18BrN3O2S/c1-3-14-12-11(6-10(13)7-15-12)19(17,18)16-8(2)9-4-5-9/h6-9,16H,3-5H2,1-2H3,(H,14,15). The number of nitrogens with zero attached hydrogens (tertiary/aromatic N) is 1. The fourth-order valence-corrected chi connectivity index (χ4v) is 3.88. The molecule has 0 radical (unpaired) electrons. The number of nitrogens with one attached hydrogen (secondary N) is 2. The SMILES string of the molecule is CCNc1ncc(Br)cc1S(=O)(=O)NC(C)C1CC1. The number of rotatable bonds is 6. The quantitative estimate of drug-likeness (QED) is 0.828. The second-order valence-electron chi connectivity index (χ2n) is 4.78. The van der Waals surface area contributed by atoms with Crippen molar-refractivity contribution in [2.45, 2.75) is 37.6 Å². The third kappa shape index (κ3) is 3.67. The normalized spacial score (nSPS) is 17.2. The number of hydrogen-bond donors (Lipinski definition) is 2. The molecular weight excluding hydrogens is 330 g/mol. The highest BCUT2D eigenvalue weighted by Crippen LogP contribution is 2.33. The van der Waals surface area contributed by atoms with E-state index in [0.717, 1.165) is 12.8 Å². The van der Waals surface area contributed by atoms with Crippen LogP contribution in [0.1, 0.15) is 26.7 Å². The van der Waals surface area contributed by atoms with Gasteiger partial charge in [-0.3, -0.25) is 0 Å². The molecule has 7 heteroatoms. The lowest BCUT2D eigenvalue weighted by molar-refractivity contribution is 0.538. The lowest BCUT2D eigenvalue weighted by atomic mass is 10.2. The molecule has 1 heterocycles. The summed E-state index contributed by atoms with van der Waals surface area (Å²) < 4.78 is 28.2. The monoisotopic (exact) mass is 347 g/mol. The van der Waals surface area contributed by atoms with Gasteiger partial charge in [0.2, 0.25) is 10.0 Å². The molecule has 1 aliphatic carbocycles. The van der Waals surface area contributed by atoms with E-state index >= 15 is 0 Å². The molecule has 0 spiro atoms. The molecule has 19 heavy (non-hydrogen) atoms. The van der Waals surface area contributed by atoms with E-state index in [2.05, 4.69) is 31.0 Å². The van der Waals surface area contributed by atoms with E-state index in [-0.39, 0.29) is 10.9 Å². The second-order valence-corrected chi connectivity index (χ2v) is 7.38. The predicted octanol–water partition coefficient (Wildman–Crippen LogP) is 2.35. The molecule has 0 saturated heterocycles. The summed E-state index contributed by atoms with van der Waals surface area (Å²) in [5.41, 5.74) is 0. The summed E-state index contributed by atoms with van der Waals surface area (Å²) in [6.07, 6.45) is 3.78. The van der Waals surface area contributed by atoms with Gasteiger partial charge in [-0.2, -0.15) is 0 Å². The maximum absolute atomic E-state index is 12.4. The number of pyridine rings is 1. The van der Waals surface area contributed by atoms with Crippen molar-refractivity contribution >= 4 is 31.8 Å². The van der Waals surface area contributed by atoms with Crippen LogP contribution in [0.2, 0.25) is 0 Å². The third-order valence-electron chi connectivity index (χ3n) is 3.12. The van der Waals surface area contributed by atoms with E-state index in [4.69, 9.17) is 0 Å². The van der Waals surface area contributed by atoms with Gasteiger partial charge < -0.3 is 5.32 Å². The molecule has 0 bridgehead atoms. The molecule has 1 aromatic rings. The first-order valence-electron chi connectivity index (χ1n) is 6.35. The molecular formula is C12H18BrN3O2S. The van der Waals surface area contributed by atoms with Crippen LogP contribution >= 0.6 is 15.9 Å². The molecule has 0 aromatic carbocycles. The van der Waals surface area contributed by atoms with E-state index in [1.807, 2.05) is 13.8 Å². The van der Waals surface area contributed by atoms with Crippen LogP contribution in [-0.2, 0) is 10.0 Å². The highest BCUT2D eigenvalue weighted by molar-refractivity contribution is 9.10. The number of aromatic nitrogens is 1. The van der Waals surface area contributed by atoms with Gasteiger partial charge in [0.25, 0.3) is 0 Å². The first-order valence-corrected chi connectivity index (χ1v) is 8.63. The average molecular weight is 348 g/mol. The lowest BCUT2D eigenvalue weighted by Crippen LogP contribution is -2.34. The van der Waals surface area contributed by atoms with Crippen molar-refractivity contribution in [1.82, 2.24) is 9.71 Å². The van der Waals surface area contributed by atoms with Gasteiger partial charge in [-0.05, 0) is 54.6 Å². The topological polar surface area (TPSA) is 71.1 Å². The largest absolute Gasteiger partial charge is 0.369 e. The molecule has 1 saturated carbocycles. The van der Waals surface area contributed by atoms with E-state index in [0.29, 0.717) is 22.8 Å². The fraction of sp³-hybridized carbons (Fsp3) is 0.583. The van der Waals surface area contributed by atoms with E-state index in [1.165, 1.54) is 0 Å². The molecule has 2 rings (SSSR count). The Morgan fingerprint density at radius 1 is 1.53 bits per heavy atom. The van der Waals surface area contributed by atoms with Gasteiger partial charge in [-0.1, -0.05) is 0 Å². The Morgan fingerprint density at radius 3 is 2.79 bits per heavy atom. The maximum atomic E-state index is 12.4. The first-order chi connectivity index (χ1) is 8.94. The summed E-state index contributed by atoms with van der Waals surface area (Å²) in [6, 6.07) is 1.55. The van der Waals surface area contributed by atoms with Crippen molar-refractivity contribution < 1.29 is 8.42 Å². The molecule has 1 aliphatic rings. The zero-order valence-electron chi connectivity index (χ0n) is 11.0. The van der Waals surface area contributed by atoms with Crippen LogP contribution in [0.15, 0.2) is 21.6 Å². The van der Waals surface area contributed by atoms with Gasteiger partial charge in [0, 0.05) is 23.3 Å². The van der Waals surface area contributed by atoms with Crippen LogP contribution in [0.25, 0.3) is 0 Å². The lowest BCUT2D eigenvalue weighted by Gasteiger charge is -2.15. The van der Waals surface area contributed by atoms with Crippen molar-refractivity contribution in [3.05, 3.63) is 16.7 Å². The van der Waals surface area contributed by atoms with Crippen LogP contribution < -0.4 is 10.0 Å². The van der Waals surface area contributed by atoms with E-state index < -0.39 is 10.0 Å². The van der Waals surface area contributed by atoms with Crippen LogP contribution in [0.4, 0.5) is 5.82 Å². The molecule has 0 amide bonds. The molecule has 1 unspecified atom stereocenters. The minimum Gasteiger partial charge on any atom is -0.369 e. The van der Waals surface area contributed by atoms with Crippen LogP contribution in [-0.4, -0.2) is 26.0 Å². The smallest absolute Gasteiger partial charge is 0.244 e. The molecule has 1 atom stereocenters. The second kappa shape index (κ2) is 5.76. The van der Waals surface area contributed by atoms with Crippen molar-refractivity contribution in [3.63, 3.8) is 0 Å². The van der Waals surface area contributed by atoms with E-state index in [1.54, 1.807) is 12.3 Å². The maximum Gasteiger partial charge on any atom is 0.244 e. The summed E-state index contributed by atoms with van der Waals surface area (Å²) >= 11 is 3.26. The number of anilines is 1. The fourth-order valence-electron chi connectivity index (χ4n) is 1.93. The Bertz CT molecular complexity index is 558. The Kier molecular flexibility index (Phi) is 4.47. The molecule has 106 valence electrons. The Balaban J connectivity index is 2.29. The number of halogens is 1. The van der Waals surface area contributed by atoms with Crippen molar-refractivity contribution in [2.24, 2.45) is 5.92 Å². The van der Waals surface area contributed by atoms with Crippen molar-refractivity contribution in [1.29, 1.82) is 0 Å². The minimum absolute atomic E-state index is 0.0292. The highest BCUT2D eigenvalue weighted by atomic mass is 79.9. The molecule has 0 aliphatic heterocycles. The zero-order valence-corrected chi connectivity index (χ0v) is 13.4. The predicted molar refractivity (Wildman–Crippen MR) is 78.6 cm³/mol. The minimum atomic E-state index is -3.54. The van der Waals surface area contributed by atoms with Gasteiger partial charge in [-0.15, -0.1) is 0 Å². The first kappa shape index (κ1) is 14.7. The number of sulfonamides is 1. The average Bonchev–Trinajstić information content (AvgIpc) is 3.15. The Hall–Kier alpha value is -0.660. The summed E-state index contributed by atoms with van der Waals surface area (Å²) in [4.78, 5) is 4.32. The van der Waals surface area contributed by atoms with Gasteiger partial charge in [0.1, 0.15) is 10.7 Å². The third-order valence-corrected chi connectivity index (χ3v) is 5.13. The van der Waals surface area contributed by atoms with Gasteiger partial charge in [0.15, 0.2) is 0 Å². The molecule has 1 aromatic heterocycles. The Labute approximate surface area is 122 Å². The summed E-state index contributed by atoms with van der Waals surface area (Å²) in [6.45, 7) is 4.43. The highest BCUT2D eigenvalue weighted by Gasteiger charge is 2.32. The molecule has 2 N–H and O–H groups in total. The molecule has 1 fully saturated rings. The van der Waals surface area contributed by atoms with Crippen molar-refractivity contribution in [2.75, 3.05) is 11.9 Å². The summed E-state index contributed by atoms with van der Waals surface area (Å²) in [7, 11) is -3.54. The van der Waals surface area contributed by atoms with E-state index in [9.17, 15) is 8.42 Å². The van der Waals surface area contributed by atoms with Gasteiger partial charge in [-0.25, -0.2) is 18.1 Å². The summed E-state index contributed by atoms with van der Waals surface area (Å²) in [5, 5.41) is 2.98. The number of hydrogen-bond acceptors (Lipinski definition) is 4. The molecule has 5 nitrogen and oxygen atoms in total. The summed E-state index contributed by atoms with van der Waals surface area (Å²) in [5.74, 6) is 0.860. The van der Waals surface area contributed by atoms with Crippen LogP contribution in [0.3, 0.4) is 0 Å².